The number of thiol groups is 1. The highest BCUT2D eigenvalue weighted by Crippen LogP contribution is 2.28. The van der Waals surface area contributed by atoms with Crippen molar-refractivity contribution in [3.63, 3.8) is 0 Å². The van der Waals surface area contributed by atoms with Gasteiger partial charge in [0.15, 0.2) is 0 Å². The molecule has 0 spiro atoms. The van der Waals surface area contributed by atoms with E-state index in [2.05, 4.69) is 17.9 Å². The molecule has 2 saturated heterocycles. The third-order valence-electron chi connectivity index (χ3n) is 5.17. The van der Waals surface area contributed by atoms with Crippen LogP contribution in [0, 0.1) is 0 Å². The van der Waals surface area contributed by atoms with Crippen molar-refractivity contribution in [1.82, 2.24) is 15.3 Å². The summed E-state index contributed by atoms with van der Waals surface area (Å²) >= 11 is 4.39. The average molecular weight is 391 g/mol. The molecular formula is C19H25N3O4S. The van der Waals surface area contributed by atoms with E-state index in [1.807, 2.05) is 35.3 Å². The van der Waals surface area contributed by atoms with Crippen LogP contribution < -0.4 is 5.32 Å². The number of carboxylic acid groups (broad SMARTS) is 1. The second-order valence-electron chi connectivity index (χ2n) is 7.09. The molecule has 2 aliphatic rings. The Labute approximate surface area is 164 Å². The number of hydrogen-bond donors (Lipinski definition) is 3. The number of nitrogens with one attached hydrogen (secondary N) is 1. The minimum atomic E-state index is -1.06. The van der Waals surface area contributed by atoms with Gasteiger partial charge in [0.2, 0.25) is 5.91 Å². The molecule has 0 radical (unpaired) electrons. The second kappa shape index (κ2) is 8.75. The number of rotatable bonds is 6. The smallest absolute Gasteiger partial charge is 0.324 e. The molecule has 2 heterocycles. The lowest BCUT2D eigenvalue weighted by Crippen LogP contribution is -2.55. The van der Waals surface area contributed by atoms with Crippen LogP contribution in [-0.4, -0.2) is 63.3 Å². The van der Waals surface area contributed by atoms with E-state index in [1.54, 1.807) is 0 Å². The second-order valence-corrected chi connectivity index (χ2v) is 7.72. The zero-order valence-electron chi connectivity index (χ0n) is 15.1. The van der Waals surface area contributed by atoms with Crippen LogP contribution in [-0.2, 0) is 20.8 Å². The van der Waals surface area contributed by atoms with Gasteiger partial charge in [0.1, 0.15) is 12.6 Å². The molecule has 2 aliphatic heterocycles. The van der Waals surface area contributed by atoms with Crippen LogP contribution >= 0.6 is 12.6 Å². The predicted octanol–water partition coefficient (Wildman–Crippen LogP) is 1.10. The molecule has 1 aromatic carbocycles. The maximum atomic E-state index is 12.9. The molecule has 1 aromatic rings. The Hall–Kier alpha value is -2.06. The molecule has 0 saturated carbocycles. The number of hydrazine groups is 1. The summed E-state index contributed by atoms with van der Waals surface area (Å²) in [5.41, 5.74) is 0.994. The number of hydrogen-bond acceptors (Lipinski definition) is 5. The standard InChI is InChI=1S/C19H25N3O4S/c23-17(24)12-22-19(26)15(9-8-14-7-4-10-21(14)22)20-18(25)16(27)11-13-5-2-1-3-6-13/h1-3,5-6,14-16,27H,4,7-12H2,(H,20,25)(H,23,24)/t14-,15-,16-/m1/s1. The third kappa shape index (κ3) is 4.81. The van der Waals surface area contributed by atoms with E-state index in [1.165, 1.54) is 5.01 Å². The van der Waals surface area contributed by atoms with Gasteiger partial charge in [0.25, 0.3) is 5.91 Å². The summed E-state index contributed by atoms with van der Waals surface area (Å²) in [7, 11) is 0. The minimum Gasteiger partial charge on any atom is -0.480 e. The quantitative estimate of drug-likeness (QED) is 0.632. The number of benzene rings is 1. The van der Waals surface area contributed by atoms with E-state index in [0.29, 0.717) is 19.4 Å². The summed E-state index contributed by atoms with van der Waals surface area (Å²) in [5, 5.41) is 14.6. The van der Waals surface area contributed by atoms with Crippen molar-refractivity contribution in [2.75, 3.05) is 13.1 Å². The molecule has 2 fully saturated rings. The molecule has 0 bridgehead atoms. The number of amides is 2. The van der Waals surface area contributed by atoms with Gasteiger partial charge in [-0.15, -0.1) is 0 Å². The lowest BCUT2D eigenvalue weighted by atomic mass is 10.0. The molecule has 0 aromatic heterocycles. The number of carbonyl (C=O) groups is 3. The molecule has 3 atom stereocenters. The van der Waals surface area contributed by atoms with Gasteiger partial charge in [-0.3, -0.25) is 19.4 Å². The van der Waals surface area contributed by atoms with E-state index in [0.717, 1.165) is 24.8 Å². The summed E-state index contributed by atoms with van der Waals surface area (Å²) in [6.45, 7) is 0.295. The SMILES string of the molecule is O=C(O)CN1C(=O)[C@H](NC(=O)[C@H](S)Cc2ccccc2)CC[C@H]2CCCN21. The molecular weight excluding hydrogens is 366 g/mol. The van der Waals surface area contributed by atoms with Crippen LogP contribution in [0.3, 0.4) is 0 Å². The zero-order valence-corrected chi connectivity index (χ0v) is 16.0. The molecule has 0 aliphatic carbocycles. The van der Waals surface area contributed by atoms with Gasteiger partial charge in [-0.25, -0.2) is 5.01 Å². The van der Waals surface area contributed by atoms with Crippen molar-refractivity contribution in [1.29, 1.82) is 0 Å². The van der Waals surface area contributed by atoms with Crippen LogP contribution in [0.1, 0.15) is 31.2 Å². The van der Waals surface area contributed by atoms with Crippen molar-refractivity contribution in [2.45, 2.75) is 49.4 Å². The summed E-state index contributed by atoms with van der Waals surface area (Å²) in [5.74, 6) is -1.72. The summed E-state index contributed by atoms with van der Waals surface area (Å²) < 4.78 is 0. The topological polar surface area (TPSA) is 90.0 Å². The molecule has 0 unspecified atom stereocenters. The number of fused-ring (bicyclic) bond motifs is 1. The molecule has 8 heteroatoms. The molecule has 27 heavy (non-hydrogen) atoms. The van der Waals surface area contributed by atoms with Crippen molar-refractivity contribution in [2.24, 2.45) is 0 Å². The summed E-state index contributed by atoms with van der Waals surface area (Å²) in [6, 6.07) is 9.01. The van der Waals surface area contributed by atoms with Crippen molar-refractivity contribution < 1.29 is 19.5 Å². The van der Waals surface area contributed by atoms with Crippen LogP contribution in [0.5, 0.6) is 0 Å². The van der Waals surface area contributed by atoms with Gasteiger partial charge in [-0.1, -0.05) is 30.3 Å². The number of carboxylic acids is 1. The number of aliphatic carboxylic acids is 1. The average Bonchev–Trinajstić information content (AvgIpc) is 3.07. The van der Waals surface area contributed by atoms with E-state index < -0.39 is 17.3 Å². The Morgan fingerprint density at radius 2 is 1.96 bits per heavy atom. The van der Waals surface area contributed by atoms with E-state index in [4.69, 9.17) is 0 Å². The predicted molar refractivity (Wildman–Crippen MR) is 103 cm³/mol. The van der Waals surface area contributed by atoms with Gasteiger partial charge in [-0.05, 0) is 37.7 Å². The Bertz CT molecular complexity index is 699. The molecule has 2 N–H and O–H groups in total. The first-order valence-electron chi connectivity index (χ1n) is 9.28. The normalized spacial score (nSPS) is 24.2. The summed E-state index contributed by atoms with van der Waals surface area (Å²) in [6.07, 6.45) is 3.61. The Kier molecular flexibility index (Phi) is 6.38. The van der Waals surface area contributed by atoms with Gasteiger partial charge in [0.05, 0.1) is 5.25 Å². The van der Waals surface area contributed by atoms with Crippen LogP contribution in [0.15, 0.2) is 30.3 Å². The Morgan fingerprint density at radius 1 is 1.22 bits per heavy atom. The minimum absolute atomic E-state index is 0.159. The van der Waals surface area contributed by atoms with Crippen molar-refractivity contribution >= 4 is 30.4 Å². The van der Waals surface area contributed by atoms with Crippen LogP contribution in [0.4, 0.5) is 0 Å². The first kappa shape index (κ1) is 19.7. The largest absolute Gasteiger partial charge is 0.480 e. The third-order valence-corrected chi connectivity index (χ3v) is 5.59. The zero-order chi connectivity index (χ0) is 19.4. The van der Waals surface area contributed by atoms with Crippen LogP contribution in [0.25, 0.3) is 0 Å². The Balaban J connectivity index is 1.66. The highest BCUT2D eigenvalue weighted by atomic mass is 32.1. The van der Waals surface area contributed by atoms with Gasteiger partial charge < -0.3 is 10.4 Å². The van der Waals surface area contributed by atoms with Gasteiger partial charge >= 0.3 is 5.97 Å². The highest BCUT2D eigenvalue weighted by Gasteiger charge is 2.40. The van der Waals surface area contributed by atoms with Crippen LogP contribution in [0.2, 0.25) is 0 Å². The van der Waals surface area contributed by atoms with Crippen molar-refractivity contribution in [3.8, 4) is 0 Å². The number of carbonyl (C=O) groups excluding carboxylic acids is 2. The molecule has 7 nitrogen and oxygen atoms in total. The fourth-order valence-electron chi connectivity index (χ4n) is 3.85. The first-order chi connectivity index (χ1) is 13.0. The van der Waals surface area contributed by atoms with Crippen molar-refractivity contribution in [3.05, 3.63) is 35.9 Å². The van der Waals surface area contributed by atoms with E-state index in [-0.39, 0.29) is 24.4 Å². The fourth-order valence-corrected chi connectivity index (χ4v) is 4.13. The molecule has 146 valence electrons. The highest BCUT2D eigenvalue weighted by molar-refractivity contribution is 7.81. The lowest BCUT2D eigenvalue weighted by molar-refractivity contribution is -0.160. The first-order valence-corrected chi connectivity index (χ1v) is 9.79. The number of nitrogens with zero attached hydrogens (tertiary/aromatic N) is 2. The maximum absolute atomic E-state index is 12.9. The molecule has 3 rings (SSSR count). The Morgan fingerprint density at radius 3 is 2.67 bits per heavy atom. The monoisotopic (exact) mass is 391 g/mol. The van der Waals surface area contributed by atoms with E-state index in [9.17, 15) is 19.5 Å². The lowest BCUT2D eigenvalue weighted by Gasteiger charge is -2.33. The van der Waals surface area contributed by atoms with Gasteiger partial charge in [-0.2, -0.15) is 12.6 Å². The maximum Gasteiger partial charge on any atom is 0.324 e. The fraction of sp³-hybridized carbons (Fsp3) is 0.526. The van der Waals surface area contributed by atoms with E-state index >= 15 is 0 Å². The summed E-state index contributed by atoms with van der Waals surface area (Å²) in [4.78, 5) is 36.7. The van der Waals surface area contributed by atoms with Gasteiger partial charge in [0, 0.05) is 12.6 Å². The molecule has 2 amide bonds.